The maximum absolute atomic E-state index is 11.2. The van der Waals surface area contributed by atoms with Crippen LogP contribution in [-0.2, 0) is 9.09 Å². The van der Waals surface area contributed by atoms with E-state index < -0.39 is 7.82 Å². The summed E-state index contributed by atoms with van der Waals surface area (Å²) in [6.45, 7) is 0.958. The van der Waals surface area contributed by atoms with E-state index in [9.17, 15) is 4.57 Å². The van der Waals surface area contributed by atoms with Crippen LogP contribution in [-0.4, -0.2) is 59.8 Å². The summed E-state index contributed by atoms with van der Waals surface area (Å²) in [6.07, 6.45) is 26.2. The van der Waals surface area contributed by atoms with Gasteiger partial charge in [0.1, 0.15) is 12.6 Å². The molecule has 0 aromatic rings. The Kier molecular flexibility index (Phi) is 22.3. The molecule has 0 saturated heterocycles. The van der Waals surface area contributed by atoms with Gasteiger partial charge in [-0.2, -0.15) is 0 Å². The molecular formula is C27H59NO5P+. The van der Waals surface area contributed by atoms with Crippen molar-refractivity contribution in [2.24, 2.45) is 0 Å². The van der Waals surface area contributed by atoms with Crippen LogP contribution in [0, 0.1) is 0 Å². The molecule has 3 N–H and O–H groups in total. The number of hydrogen-bond acceptors (Lipinski definition) is 3. The number of phosphoric ester groups is 1. The average Bonchev–Trinajstić information content (AvgIpc) is 2.72. The van der Waals surface area contributed by atoms with Crippen LogP contribution in [0.25, 0.3) is 0 Å². The lowest BCUT2D eigenvalue weighted by Gasteiger charge is -2.29. The summed E-state index contributed by atoms with van der Waals surface area (Å²) in [5.41, 5.74) is 0. The summed E-state index contributed by atoms with van der Waals surface area (Å²) in [4.78, 5) is 18.3. The van der Waals surface area contributed by atoms with E-state index in [0.29, 0.717) is 24.1 Å². The molecule has 0 fully saturated rings. The number of phosphoric acid groups is 1. The molecule has 6 nitrogen and oxygen atoms in total. The molecule has 0 aromatic heterocycles. The minimum atomic E-state index is -4.42. The molecule has 0 bridgehead atoms. The maximum Gasteiger partial charge on any atom is 0.470 e. The zero-order valence-electron chi connectivity index (χ0n) is 22.9. The van der Waals surface area contributed by atoms with Gasteiger partial charge in [0.25, 0.3) is 0 Å². The van der Waals surface area contributed by atoms with Crippen LogP contribution >= 0.6 is 7.82 Å². The maximum atomic E-state index is 11.2. The minimum Gasteiger partial charge on any atom is -0.396 e. The topological polar surface area (TPSA) is 87.0 Å². The molecule has 0 aromatic carbocycles. The van der Waals surface area contributed by atoms with E-state index in [1.54, 1.807) is 0 Å². The van der Waals surface area contributed by atoms with Crippen molar-refractivity contribution in [2.45, 2.75) is 141 Å². The highest BCUT2D eigenvalue weighted by Crippen LogP contribution is 2.39. The molecule has 0 saturated carbocycles. The molecule has 1 atom stereocenters. The summed E-state index contributed by atoms with van der Waals surface area (Å²) in [7, 11) is 1.63. The van der Waals surface area contributed by atoms with Gasteiger partial charge in [-0.3, -0.25) is 4.52 Å². The molecule has 7 heteroatoms. The summed E-state index contributed by atoms with van der Waals surface area (Å²) < 4.78 is 16.8. The number of unbranched alkanes of at least 4 members (excludes halogenated alkanes) is 19. The van der Waals surface area contributed by atoms with Crippen molar-refractivity contribution in [2.75, 3.05) is 34.3 Å². The van der Waals surface area contributed by atoms with Crippen LogP contribution < -0.4 is 0 Å². The normalized spacial score (nSPS) is 13.5. The van der Waals surface area contributed by atoms with Crippen LogP contribution in [0.4, 0.5) is 0 Å². The van der Waals surface area contributed by atoms with Gasteiger partial charge in [-0.15, -0.1) is 0 Å². The molecule has 34 heavy (non-hydrogen) atoms. The molecule has 0 radical (unpaired) electrons. The third kappa shape index (κ3) is 28.3. The lowest BCUT2D eigenvalue weighted by Crippen LogP contribution is -2.42. The number of quaternary nitrogens is 1. The van der Waals surface area contributed by atoms with E-state index in [-0.39, 0.29) is 6.10 Å². The molecule has 0 heterocycles. The van der Waals surface area contributed by atoms with E-state index in [2.05, 4.69) is 0 Å². The van der Waals surface area contributed by atoms with Crippen molar-refractivity contribution >= 4 is 7.82 Å². The number of hydrogen-bond donors (Lipinski definition) is 3. The Labute approximate surface area is 211 Å². The highest BCUT2D eigenvalue weighted by atomic mass is 31.2. The second-order valence-corrected chi connectivity index (χ2v) is 12.5. The van der Waals surface area contributed by atoms with Gasteiger partial charge in [0.05, 0.1) is 21.1 Å². The Bertz CT molecular complexity index is 478. The SMILES string of the molecule is C[N+](C)(C)CC(CCCCCCCCCCCCCCCCCCCCCCO)OP(=O)(O)O. The zero-order valence-corrected chi connectivity index (χ0v) is 23.8. The van der Waals surface area contributed by atoms with Gasteiger partial charge in [-0.25, -0.2) is 4.57 Å². The second kappa shape index (κ2) is 22.2. The number of aliphatic hydroxyl groups is 1. The summed E-state index contributed by atoms with van der Waals surface area (Å²) in [6, 6.07) is 0. The lowest BCUT2D eigenvalue weighted by molar-refractivity contribution is -0.873. The molecular weight excluding hydrogens is 449 g/mol. The van der Waals surface area contributed by atoms with E-state index in [1.807, 2.05) is 21.1 Å². The Morgan fingerprint density at radius 3 is 1.15 bits per heavy atom. The van der Waals surface area contributed by atoms with Crippen molar-refractivity contribution in [3.8, 4) is 0 Å². The van der Waals surface area contributed by atoms with E-state index in [0.717, 1.165) is 19.3 Å². The fraction of sp³-hybridized carbons (Fsp3) is 1.00. The van der Waals surface area contributed by atoms with Crippen molar-refractivity contribution in [3.63, 3.8) is 0 Å². The largest absolute Gasteiger partial charge is 0.470 e. The zero-order chi connectivity index (χ0) is 25.5. The van der Waals surface area contributed by atoms with Gasteiger partial charge in [0.15, 0.2) is 0 Å². The first-order chi connectivity index (χ1) is 16.1. The first-order valence-electron chi connectivity index (χ1n) is 14.3. The van der Waals surface area contributed by atoms with Crippen molar-refractivity contribution in [1.29, 1.82) is 0 Å². The quantitative estimate of drug-likeness (QED) is 0.0646. The Balaban J connectivity index is 3.39. The molecule has 0 aliphatic heterocycles. The number of likely N-dealkylation sites (N-methyl/N-ethyl adjacent to an activating group) is 1. The fourth-order valence-corrected chi connectivity index (χ4v) is 5.21. The van der Waals surface area contributed by atoms with Crippen molar-refractivity contribution in [1.82, 2.24) is 0 Å². The number of nitrogens with zero attached hydrogens (tertiary/aromatic N) is 1. The Morgan fingerprint density at radius 2 is 0.882 bits per heavy atom. The Morgan fingerprint density at radius 1 is 0.588 bits per heavy atom. The number of rotatable bonds is 26. The standard InChI is InChI=1S/C27H58NO5P/c1-28(2,3)26-27(33-34(30,31)32)24-22-20-18-16-14-12-10-8-6-4-5-7-9-11-13-15-17-19-21-23-25-29/h27,29H,4-26H2,1-3H3,(H-,30,31,32)/p+1. The third-order valence-corrected chi connectivity index (χ3v) is 7.04. The van der Waals surface area contributed by atoms with Crippen LogP contribution in [0.15, 0.2) is 0 Å². The third-order valence-electron chi connectivity index (χ3n) is 6.47. The van der Waals surface area contributed by atoms with Crippen LogP contribution in [0.5, 0.6) is 0 Å². The highest BCUT2D eigenvalue weighted by Gasteiger charge is 2.26. The molecule has 0 amide bonds. The van der Waals surface area contributed by atoms with Crippen LogP contribution in [0.2, 0.25) is 0 Å². The Hall–Kier alpha value is 0.0300. The van der Waals surface area contributed by atoms with Crippen molar-refractivity contribution < 1.29 is 28.5 Å². The van der Waals surface area contributed by atoms with Crippen molar-refractivity contribution in [3.05, 3.63) is 0 Å². The molecule has 0 aliphatic carbocycles. The fourth-order valence-electron chi connectivity index (χ4n) is 4.65. The lowest BCUT2D eigenvalue weighted by atomic mass is 10.0. The second-order valence-electron chi connectivity index (χ2n) is 11.3. The first kappa shape index (κ1) is 34.0. The summed E-state index contributed by atoms with van der Waals surface area (Å²) in [5, 5.41) is 8.76. The van der Waals surface area contributed by atoms with E-state index in [4.69, 9.17) is 19.4 Å². The summed E-state index contributed by atoms with van der Waals surface area (Å²) >= 11 is 0. The predicted molar refractivity (Wildman–Crippen MR) is 144 cm³/mol. The molecule has 1 unspecified atom stereocenters. The smallest absolute Gasteiger partial charge is 0.396 e. The molecule has 0 aliphatic rings. The van der Waals surface area contributed by atoms with Crippen LogP contribution in [0.1, 0.15) is 135 Å². The van der Waals surface area contributed by atoms with Gasteiger partial charge >= 0.3 is 7.82 Å². The molecule has 206 valence electrons. The minimum absolute atomic E-state index is 0.349. The van der Waals surface area contributed by atoms with Gasteiger partial charge < -0.3 is 19.4 Å². The monoisotopic (exact) mass is 508 g/mol. The van der Waals surface area contributed by atoms with E-state index >= 15 is 0 Å². The molecule has 0 rings (SSSR count). The van der Waals surface area contributed by atoms with Gasteiger partial charge in [-0.05, 0) is 12.8 Å². The highest BCUT2D eigenvalue weighted by molar-refractivity contribution is 7.46. The first-order valence-corrected chi connectivity index (χ1v) is 15.8. The summed E-state index contributed by atoms with van der Waals surface area (Å²) in [5.74, 6) is 0. The average molecular weight is 509 g/mol. The molecule has 0 spiro atoms. The van der Waals surface area contributed by atoms with E-state index in [1.165, 1.54) is 109 Å². The van der Waals surface area contributed by atoms with Gasteiger partial charge in [-0.1, -0.05) is 122 Å². The van der Waals surface area contributed by atoms with Gasteiger partial charge in [0, 0.05) is 6.61 Å². The van der Waals surface area contributed by atoms with Crippen LogP contribution in [0.3, 0.4) is 0 Å². The van der Waals surface area contributed by atoms with Gasteiger partial charge in [0.2, 0.25) is 0 Å². The predicted octanol–water partition coefficient (Wildman–Crippen LogP) is 7.35. The number of aliphatic hydroxyl groups excluding tert-OH is 1.